The lowest BCUT2D eigenvalue weighted by Crippen LogP contribution is -2.28. The van der Waals surface area contributed by atoms with Gasteiger partial charge >= 0.3 is 13.8 Å². The van der Waals surface area contributed by atoms with Crippen LogP contribution < -0.4 is 5.73 Å². The maximum atomic E-state index is 12.7. The molecule has 0 bridgehead atoms. The molecule has 0 aliphatic carbocycles. The van der Waals surface area contributed by atoms with Crippen molar-refractivity contribution in [1.29, 1.82) is 0 Å². The van der Waals surface area contributed by atoms with Gasteiger partial charge in [-0.1, -0.05) is 227 Å². The molecule has 0 aromatic heterocycles. The number of nitrogens with two attached hydrogens (primary N) is 1. The Morgan fingerprint density at radius 2 is 0.824 bits per heavy atom. The largest absolute Gasteiger partial charge is 0.472 e. The molecule has 0 rings (SSSR count). The Kier molecular flexibility index (Phi) is 53.2. The molecule has 2 unspecified atom stereocenters. The lowest BCUT2D eigenvalue weighted by Gasteiger charge is -2.20. The summed E-state index contributed by atoms with van der Waals surface area (Å²) in [4.78, 5) is 22.7. The number of rotatable bonds is 52. The smallest absolute Gasteiger partial charge is 0.457 e. The fourth-order valence-corrected chi connectivity index (χ4v) is 8.21. The monoisotopic (exact) mass is 970 g/mol. The van der Waals surface area contributed by atoms with E-state index in [0.717, 1.165) is 89.9 Å². The lowest BCUT2D eigenvalue weighted by molar-refractivity contribution is -0.154. The summed E-state index contributed by atoms with van der Waals surface area (Å²) in [6, 6.07) is 0. The average Bonchev–Trinajstić information content (AvgIpc) is 3.33. The van der Waals surface area contributed by atoms with Crippen LogP contribution >= 0.6 is 7.82 Å². The fourth-order valence-electron chi connectivity index (χ4n) is 7.44. The van der Waals surface area contributed by atoms with Crippen LogP contribution in [0.25, 0.3) is 0 Å². The second kappa shape index (κ2) is 55.3. The van der Waals surface area contributed by atoms with Crippen molar-refractivity contribution >= 4 is 13.8 Å². The average molecular weight is 970 g/mol. The minimum Gasteiger partial charge on any atom is -0.457 e. The van der Waals surface area contributed by atoms with Gasteiger partial charge in [-0.25, -0.2) is 4.57 Å². The van der Waals surface area contributed by atoms with E-state index in [1.54, 1.807) is 0 Å². The van der Waals surface area contributed by atoms with Gasteiger partial charge in [-0.2, -0.15) is 0 Å². The summed E-state index contributed by atoms with van der Waals surface area (Å²) in [6.45, 7) is 4.78. The van der Waals surface area contributed by atoms with Crippen molar-refractivity contribution in [3.63, 3.8) is 0 Å². The highest BCUT2D eigenvalue weighted by Crippen LogP contribution is 2.43. The van der Waals surface area contributed by atoms with Gasteiger partial charge < -0.3 is 20.1 Å². The molecule has 0 saturated carbocycles. The van der Waals surface area contributed by atoms with Gasteiger partial charge in [-0.05, 0) is 96.3 Å². The second-order valence-electron chi connectivity index (χ2n) is 18.1. The lowest BCUT2D eigenvalue weighted by atomic mass is 10.0. The summed E-state index contributed by atoms with van der Waals surface area (Å²) in [5.74, 6) is -0.347. The zero-order valence-electron chi connectivity index (χ0n) is 43.8. The van der Waals surface area contributed by atoms with Crippen molar-refractivity contribution in [2.45, 2.75) is 238 Å². The van der Waals surface area contributed by atoms with Crippen molar-refractivity contribution < 1.29 is 32.8 Å². The van der Waals surface area contributed by atoms with Crippen molar-refractivity contribution in [1.82, 2.24) is 0 Å². The SMILES string of the molecule is CC/C=C\C/C=C\C/C=C\C/C=C\C/C=C\C/C=C\CCCCCCCCC(=O)OC(COCCCCCCCCCCCCCC/C=C\C/C=C\CCCCCCC)COP(=O)(O)OCCN. The van der Waals surface area contributed by atoms with Gasteiger partial charge in [-0.3, -0.25) is 13.8 Å². The number of hydrogen-bond donors (Lipinski definition) is 2. The molecular weight excluding hydrogens is 866 g/mol. The third-order valence-corrected chi connectivity index (χ3v) is 12.5. The van der Waals surface area contributed by atoms with E-state index in [4.69, 9.17) is 24.3 Å². The van der Waals surface area contributed by atoms with Gasteiger partial charge in [0.2, 0.25) is 0 Å². The predicted octanol–water partition coefficient (Wildman–Crippen LogP) is 17.8. The number of carbonyl (C=O) groups excluding carboxylic acids is 1. The first kappa shape index (κ1) is 65.4. The fraction of sp³-hybridized carbons (Fsp3) is 0.712. The van der Waals surface area contributed by atoms with E-state index in [1.807, 2.05) is 0 Å². The summed E-state index contributed by atoms with van der Waals surface area (Å²) >= 11 is 0. The molecule has 0 heterocycles. The standard InChI is InChI=1S/C59H104NO7P/c1-3-5-7-9-11-13-15-17-19-21-23-25-27-29-30-32-34-36-38-40-42-44-46-48-50-52-59(61)67-58(57-66-68(62,63)65-55-53-60)56-64-54-51-49-47-45-43-41-39-37-35-33-31-28-26-24-22-20-18-16-14-12-10-8-6-4-2/h5,7,11,13,16-19,22-25,29-30,34,36,58H,3-4,6,8-10,12,14-15,20-21,26-28,31-33,35,37-57,60H2,1-2H3,(H,62,63)/b7-5-,13-11-,18-16-,19-17-,24-22-,25-23-,30-29-,36-34-. The zero-order valence-corrected chi connectivity index (χ0v) is 44.7. The van der Waals surface area contributed by atoms with Gasteiger partial charge in [0.05, 0.1) is 19.8 Å². The van der Waals surface area contributed by atoms with Gasteiger partial charge in [0.15, 0.2) is 0 Å². The van der Waals surface area contributed by atoms with Crippen LogP contribution in [0, 0.1) is 0 Å². The maximum absolute atomic E-state index is 12.7. The molecule has 68 heavy (non-hydrogen) atoms. The minimum atomic E-state index is -4.30. The van der Waals surface area contributed by atoms with Gasteiger partial charge in [0.1, 0.15) is 6.10 Å². The van der Waals surface area contributed by atoms with Crippen LogP contribution in [0.1, 0.15) is 232 Å². The van der Waals surface area contributed by atoms with Crippen molar-refractivity contribution in [3.8, 4) is 0 Å². The van der Waals surface area contributed by atoms with Crippen LogP contribution in [-0.4, -0.2) is 49.9 Å². The molecule has 0 spiro atoms. The van der Waals surface area contributed by atoms with E-state index in [0.29, 0.717) is 13.0 Å². The van der Waals surface area contributed by atoms with E-state index < -0.39 is 13.9 Å². The Hall–Kier alpha value is -2.58. The Morgan fingerprint density at radius 1 is 0.456 bits per heavy atom. The molecule has 0 aromatic rings. The molecule has 0 amide bonds. The van der Waals surface area contributed by atoms with Crippen LogP contribution in [0.15, 0.2) is 97.2 Å². The highest BCUT2D eigenvalue weighted by Gasteiger charge is 2.25. The third kappa shape index (κ3) is 54.4. The minimum absolute atomic E-state index is 0.0927. The number of ether oxygens (including phenoxy) is 2. The molecule has 8 nitrogen and oxygen atoms in total. The summed E-state index contributed by atoms with van der Waals surface area (Å²) in [7, 11) is -4.30. The number of esters is 1. The Morgan fingerprint density at radius 3 is 1.24 bits per heavy atom. The van der Waals surface area contributed by atoms with Crippen LogP contribution in [0.2, 0.25) is 0 Å². The van der Waals surface area contributed by atoms with E-state index in [1.165, 1.54) is 122 Å². The molecule has 0 aliphatic heterocycles. The molecule has 0 aromatic carbocycles. The van der Waals surface area contributed by atoms with E-state index >= 15 is 0 Å². The van der Waals surface area contributed by atoms with E-state index in [9.17, 15) is 14.3 Å². The maximum Gasteiger partial charge on any atom is 0.472 e. The van der Waals surface area contributed by atoms with Crippen molar-refractivity contribution in [2.75, 3.05) is 33.0 Å². The quantitative estimate of drug-likeness (QED) is 0.0268. The zero-order chi connectivity index (χ0) is 49.4. The Balaban J connectivity index is 3.98. The number of carbonyl (C=O) groups is 1. The molecule has 0 fully saturated rings. The second-order valence-corrected chi connectivity index (χ2v) is 19.5. The van der Waals surface area contributed by atoms with Crippen LogP contribution in [0.5, 0.6) is 0 Å². The molecular formula is C59H104NO7P. The molecule has 0 aliphatic rings. The normalized spacial score (nSPS) is 14.0. The number of phosphoric acid groups is 1. The number of hydrogen-bond acceptors (Lipinski definition) is 7. The van der Waals surface area contributed by atoms with Gasteiger partial charge in [0, 0.05) is 19.6 Å². The summed E-state index contributed by atoms with van der Waals surface area (Å²) < 4.78 is 33.7. The topological polar surface area (TPSA) is 117 Å². The van der Waals surface area contributed by atoms with Crippen LogP contribution in [0.4, 0.5) is 0 Å². The summed E-state index contributed by atoms with van der Waals surface area (Å²) in [6.07, 6.45) is 74.5. The summed E-state index contributed by atoms with van der Waals surface area (Å²) in [5.41, 5.74) is 5.40. The van der Waals surface area contributed by atoms with Gasteiger partial charge in [0.25, 0.3) is 0 Å². The molecule has 9 heteroatoms. The third-order valence-electron chi connectivity index (χ3n) is 11.5. The molecule has 3 N–H and O–H groups in total. The molecule has 392 valence electrons. The number of unbranched alkanes of at least 4 members (excludes halogenated alkanes) is 23. The Labute approximate surface area is 419 Å². The molecule has 0 saturated heterocycles. The highest BCUT2D eigenvalue weighted by molar-refractivity contribution is 7.47. The highest BCUT2D eigenvalue weighted by atomic mass is 31.2. The first-order chi connectivity index (χ1) is 33.4. The van der Waals surface area contributed by atoms with Crippen molar-refractivity contribution in [3.05, 3.63) is 97.2 Å². The first-order valence-corrected chi connectivity index (χ1v) is 29.2. The summed E-state index contributed by atoms with van der Waals surface area (Å²) in [5, 5.41) is 0. The van der Waals surface area contributed by atoms with E-state index in [-0.39, 0.29) is 32.3 Å². The molecule has 2 atom stereocenters. The van der Waals surface area contributed by atoms with Crippen LogP contribution in [0.3, 0.4) is 0 Å². The Bertz CT molecular complexity index is 1370. The predicted molar refractivity (Wildman–Crippen MR) is 293 cm³/mol. The van der Waals surface area contributed by atoms with Crippen molar-refractivity contribution in [2.24, 2.45) is 5.73 Å². The number of allylic oxidation sites excluding steroid dienone is 16. The first-order valence-electron chi connectivity index (χ1n) is 27.7. The van der Waals surface area contributed by atoms with Crippen LogP contribution in [-0.2, 0) is 27.9 Å². The molecule has 0 radical (unpaired) electrons. The van der Waals surface area contributed by atoms with E-state index in [2.05, 4.69) is 111 Å². The number of phosphoric ester groups is 1. The van der Waals surface area contributed by atoms with Gasteiger partial charge in [-0.15, -0.1) is 0 Å².